The van der Waals surface area contributed by atoms with Crippen LogP contribution in [0.3, 0.4) is 0 Å². The van der Waals surface area contributed by atoms with Gasteiger partial charge in [-0.1, -0.05) is 18.2 Å². The summed E-state index contributed by atoms with van der Waals surface area (Å²) in [6.45, 7) is 0. The molecule has 3 aromatic rings. The summed E-state index contributed by atoms with van der Waals surface area (Å²) < 4.78 is 5.35. The molecule has 152 valence electrons. The zero-order valence-electron chi connectivity index (χ0n) is 15.6. The van der Waals surface area contributed by atoms with Gasteiger partial charge in [-0.25, -0.2) is 10.2 Å². The molecule has 0 aliphatic carbocycles. The Bertz CT molecular complexity index is 1200. The number of nitrogens with zero attached hydrogens (tertiary/aromatic N) is 1. The number of nitrogens with one attached hydrogen (secondary N) is 2. The lowest BCUT2D eigenvalue weighted by atomic mass is 10.2. The standard InChI is InChI=1S/C21H17N3O6/c25-18(23-15-5-3-4-13(10-15)21(28)29)8-9-19(26)24-22-11-14-12-30-17-7-2-1-6-16(17)20(14)27/h1-7,10-12H,8-9H2,(H,23,25)(H,24,26)(H,28,29)/b22-11+. The predicted molar refractivity (Wildman–Crippen MR) is 109 cm³/mol. The van der Waals surface area contributed by atoms with Gasteiger partial charge in [-0.05, 0) is 30.3 Å². The van der Waals surface area contributed by atoms with Crippen molar-refractivity contribution in [1.82, 2.24) is 5.43 Å². The topological polar surface area (TPSA) is 138 Å². The zero-order valence-corrected chi connectivity index (χ0v) is 15.6. The second-order valence-corrected chi connectivity index (χ2v) is 6.24. The van der Waals surface area contributed by atoms with Gasteiger partial charge in [0.2, 0.25) is 17.2 Å². The summed E-state index contributed by atoms with van der Waals surface area (Å²) in [5, 5.41) is 15.6. The number of hydrazone groups is 1. The highest BCUT2D eigenvalue weighted by atomic mass is 16.4. The summed E-state index contributed by atoms with van der Waals surface area (Å²) >= 11 is 0. The van der Waals surface area contributed by atoms with Gasteiger partial charge in [-0.3, -0.25) is 14.4 Å². The summed E-state index contributed by atoms with van der Waals surface area (Å²) in [4.78, 5) is 47.0. The summed E-state index contributed by atoms with van der Waals surface area (Å²) in [5.74, 6) is -2.08. The Balaban J connectivity index is 1.51. The molecule has 0 radical (unpaired) electrons. The van der Waals surface area contributed by atoms with E-state index in [4.69, 9.17) is 9.52 Å². The largest absolute Gasteiger partial charge is 0.478 e. The third-order valence-corrected chi connectivity index (χ3v) is 4.07. The van der Waals surface area contributed by atoms with Gasteiger partial charge in [-0.15, -0.1) is 0 Å². The molecule has 0 aliphatic rings. The molecule has 0 unspecified atom stereocenters. The van der Waals surface area contributed by atoms with Gasteiger partial charge in [0.15, 0.2) is 0 Å². The van der Waals surface area contributed by atoms with E-state index in [1.807, 2.05) is 0 Å². The normalized spacial score (nSPS) is 10.8. The molecule has 3 N–H and O–H groups in total. The van der Waals surface area contributed by atoms with E-state index in [-0.39, 0.29) is 29.4 Å². The van der Waals surface area contributed by atoms with E-state index in [2.05, 4.69) is 15.8 Å². The van der Waals surface area contributed by atoms with Crippen molar-refractivity contribution < 1.29 is 23.9 Å². The van der Waals surface area contributed by atoms with E-state index in [9.17, 15) is 19.2 Å². The number of carbonyl (C=O) groups is 3. The van der Waals surface area contributed by atoms with Crippen LogP contribution in [-0.2, 0) is 9.59 Å². The number of benzene rings is 2. The number of hydrogen-bond acceptors (Lipinski definition) is 6. The van der Waals surface area contributed by atoms with Gasteiger partial charge in [-0.2, -0.15) is 5.10 Å². The Labute approximate surface area is 170 Å². The van der Waals surface area contributed by atoms with Crippen molar-refractivity contribution in [3.63, 3.8) is 0 Å². The first-order chi connectivity index (χ1) is 14.4. The lowest BCUT2D eigenvalue weighted by molar-refractivity contribution is -0.124. The number of hydrogen-bond donors (Lipinski definition) is 3. The SMILES string of the molecule is O=C(CCC(=O)Nc1cccc(C(=O)O)c1)N/N=C/c1coc2ccccc2c1=O. The van der Waals surface area contributed by atoms with Crippen LogP contribution in [-0.4, -0.2) is 29.1 Å². The number of para-hydroxylation sites is 1. The lowest BCUT2D eigenvalue weighted by Gasteiger charge is -2.05. The van der Waals surface area contributed by atoms with Gasteiger partial charge in [0, 0.05) is 18.5 Å². The second-order valence-electron chi connectivity index (χ2n) is 6.24. The van der Waals surface area contributed by atoms with E-state index in [1.165, 1.54) is 30.7 Å². The molecule has 1 heterocycles. The van der Waals surface area contributed by atoms with E-state index in [0.29, 0.717) is 16.7 Å². The van der Waals surface area contributed by atoms with Gasteiger partial charge in [0.05, 0.1) is 22.7 Å². The number of amides is 2. The lowest BCUT2D eigenvalue weighted by Crippen LogP contribution is -2.21. The molecule has 9 heteroatoms. The minimum atomic E-state index is -1.11. The van der Waals surface area contributed by atoms with Crippen molar-refractivity contribution in [3.8, 4) is 0 Å². The van der Waals surface area contributed by atoms with Crippen molar-refractivity contribution >= 4 is 40.7 Å². The maximum absolute atomic E-state index is 12.3. The van der Waals surface area contributed by atoms with Gasteiger partial charge < -0.3 is 14.8 Å². The highest BCUT2D eigenvalue weighted by Crippen LogP contribution is 2.11. The van der Waals surface area contributed by atoms with Crippen molar-refractivity contribution in [3.05, 3.63) is 76.1 Å². The molecule has 9 nitrogen and oxygen atoms in total. The highest BCUT2D eigenvalue weighted by molar-refractivity contribution is 5.95. The molecule has 0 spiro atoms. The summed E-state index contributed by atoms with van der Waals surface area (Å²) in [7, 11) is 0. The molecular formula is C21H17N3O6. The van der Waals surface area contributed by atoms with E-state index < -0.39 is 17.8 Å². The van der Waals surface area contributed by atoms with Crippen LogP contribution < -0.4 is 16.2 Å². The fourth-order valence-corrected chi connectivity index (χ4v) is 2.59. The minimum absolute atomic E-state index is 0.0399. The first kappa shape index (κ1) is 20.5. The van der Waals surface area contributed by atoms with Gasteiger partial charge in [0.1, 0.15) is 11.8 Å². The fraction of sp³-hybridized carbons (Fsp3) is 0.0952. The zero-order chi connectivity index (χ0) is 21.5. The van der Waals surface area contributed by atoms with Crippen molar-refractivity contribution in [1.29, 1.82) is 0 Å². The monoisotopic (exact) mass is 407 g/mol. The summed E-state index contributed by atoms with van der Waals surface area (Å²) in [6.07, 6.45) is 2.15. The molecule has 0 saturated carbocycles. The van der Waals surface area contributed by atoms with Gasteiger partial charge in [0.25, 0.3) is 0 Å². The fourth-order valence-electron chi connectivity index (χ4n) is 2.59. The molecule has 30 heavy (non-hydrogen) atoms. The molecule has 0 bridgehead atoms. The summed E-state index contributed by atoms with van der Waals surface area (Å²) in [5.41, 5.74) is 2.94. The Kier molecular flexibility index (Phi) is 6.33. The Hall–Kier alpha value is -4.27. The number of aromatic carboxylic acids is 1. The Morgan fingerprint density at radius 3 is 2.60 bits per heavy atom. The third kappa shape index (κ3) is 5.16. The van der Waals surface area contributed by atoms with E-state index in [1.54, 1.807) is 30.3 Å². The Morgan fingerprint density at radius 2 is 1.80 bits per heavy atom. The average Bonchev–Trinajstić information content (AvgIpc) is 2.74. The second kappa shape index (κ2) is 9.28. The van der Waals surface area contributed by atoms with Crippen LogP contribution in [0.1, 0.15) is 28.8 Å². The maximum atomic E-state index is 12.3. The molecular weight excluding hydrogens is 390 g/mol. The van der Waals surface area contributed by atoms with Crippen LogP contribution in [0.5, 0.6) is 0 Å². The van der Waals surface area contributed by atoms with Crippen LogP contribution in [0.15, 0.2) is 69.1 Å². The predicted octanol–water partition coefficient (Wildman–Crippen LogP) is 2.36. The average molecular weight is 407 g/mol. The van der Waals surface area contributed by atoms with Crippen molar-refractivity contribution in [2.45, 2.75) is 12.8 Å². The van der Waals surface area contributed by atoms with E-state index >= 15 is 0 Å². The molecule has 0 fully saturated rings. The highest BCUT2D eigenvalue weighted by Gasteiger charge is 2.09. The molecule has 0 aliphatic heterocycles. The van der Waals surface area contributed by atoms with E-state index in [0.717, 1.165) is 0 Å². The van der Waals surface area contributed by atoms with Crippen LogP contribution in [0, 0.1) is 0 Å². The van der Waals surface area contributed by atoms with Crippen molar-refractivity contribution in [2.24, 2.45) is 5.10 Å². The maximum Gasteiger partial charge on any atom is 0.335 e. The van der Waals surface area contributed by atoms with Gasteiger partial charge >= 0.3 is 5.97 Å². The van der Waals surface area contributed by atoms with Crippen LogP contribution in [0.4, 0.5) is 5.69 Å². The molecule has 0 saturated heterocycles. The first-order valence-electron chi connectivity index (χ1n) is 8.89. The number of carboxylic acid groups (broad SMARTS) is 1. The number of rotatable bonds is 7. The number of anilines is 1. The van der Waals surface area contributed by atoms with Crippen LogP contribution in [0.25, 0.3) is 11.0 Å². The number of carbonyl (C=O) groups excluding carboxylic acids is 2. The Morgan fingerprint density at radius 1 is 1.03 bits per heavy atom. The van der Waals surface area contributed by atoms with Crippen LogP contribution >= 0.6 is 0 Å². The van der Waals surface area contributed by atoms with Crippen molar-refractivity contribution in [2.75, 3.05) is 5.32 Å². The summed E-state index contributed by atoms with van der Waals surface area (Å²) in [6, 6.07) is 12.5. The molecule has 1 aromatic heterocycles. The molecule has 2 aromatic carbocycles. The molecule has 0 atom stereocenters. The number of fused-ring (bicyclic) bond motifs is 1. The molecule has 2 amide bonds. The molecule has 3 rings (SSSR count). The third-order valence-electron chi connectivity index (χ3n) is 4.07. The smallest absolute Gasteiger partial charge is 0.335 e. The minimum Gasteiger partial charge on any atom is -0.478 e. The first-order valence-corrected chi connectivity index (χ1v) is 8.89. The van der Waals surface area contributed by atoms with Crippen LogP contribution in [0.2, 0.25) is 0 Å². The number of carboxylic acids is 1. The quantitative estimate of drug-likeness (QED) is 0.406.